The van der Waals surface area contributed by atoms with Crippen molar-refractivity contribution >= 4 is 11.7 Å². The van der Waals surface area contributed by atoms with Crippen molar-refractivity contribution in [2.24, 2.45) is 7.05 Å². The number of aryl methyl sites for hydroxylation is 1. The van der Waals surface area contributed by atoms with Crippen molar-refractivity contribution in [2.45, 2.75) is 6.92 Å². The molecule has 7 nitrogen and oxygen atoms in total. The molecule has 2 aromatic heterocycles. The van der Waals surface area contributed by atoms with Crippen LogP contribution in [0.4, 0.5) is 5.82 Å². The Morgan fingerprint density at radius 2 is 2.00 bits per heavy atom. The molecule has 1 aromatic carbocycles. The van der Waals surface area contributed by atoms with Crippen LogP contribution in [0.25, 0.3) is 11.3 Å². The predicted molar refractivity (Wildman–Crippen MR) is 92.0 cm³/mol. The van der Waals surface area contributed by atoms with Crippen LogP contribution in [0.15, 0.2) is 48.7 Å². The number of ether oxygens (including phenoxy) is 1. The predicted octanol–water partition coefficient (Wildman–Crippen LogP) is 3.10. The Hall–Kier alpha value is -3.66. The van der Waals surface area contributed by atoms with Gasteiger partial charge in [-0.1, -0.05) is 6.07 Å². The third kappa shape index (κ3) is 3.48. The topological polar surface area (TPSA) is 92.8 Å². The van der Waals surface area contributed by atoms with E-state index in [0.717, 1.165) is 5.56 Å². The Balaban J connectivity index is 1.90. The number of nitrogens with zero attached hydrogens (tertiary/aromatic N) is 4. The first-order valence-electron chi connectivity index (χ1n) is 7.52. The summed E-state index contributed by atoms with van der Waals surface area (Å²) in [6, 6.07) is 14.7. The smallest absolute Gasteiger partial charge is 0.222 e. The van der Waals surface area contributed by atoms with Crippen LogP contribution in [-0.4, -0.2) is 20.7 Å². The minimum atomic E-state index is -0.259. The largest absolute Gasteiger partial charge is 0.439 e. The standard InChI is InChI=1S/C18H15N5O2/c1-12(24)21-18-15(11-19)17(22-23(18)2)13-6-8-14(9-7-13)25-16-5-3-4-10-20-16/h3-10H,1-2H3,(H,21,24). The van der Waals surface area contributed by atoms with Crippen LogP contribution in [0.5, 0.6) is 11.6 Å². The van der Waals surface area contributed by atoms with E-state index in [1.54, 1.807) is 43.6 Å². The molecule has 0 fully saturated rings. The molecule has 25 heavy (non-hydrogen) atoms. The molecule has 1 N–H and O–H groups in total. The summed E-state index contributed by atoms with van der Waals surface area (Å²) in [4.78, 5) is 15.4. The molecule has 0 saturated heterocycles. The van der Waals surface area contributed by atoms with Crippen LogP contribution < -0.4 is 10.1 Å². The lowest BCUT2D eigenvalue weighted by atomic mass is 10.1. The highest BCUT2D eigenvalue weighted by molar-refractivity contribution is 5.91. The van der Waals surface area contributed by atoms with Gasteiger partial charge in [0.05, 0.1) is 0 Å². The number of nitriles is 1. The number of pyridine rings is 1. The lowest BCUT2D eigenvalue weighted by Crippen LogP contribution is -2.10. The molecule has 7 heteroatoms. The summed E-state index contributed by atoms with van der Waals surface area (Å²) in [5.41, 5.74) is 1.56. The van der Waals surface area contributed by atoms with Crippen LogP contribution in [0.1, 0.15) is 12.5 Å². The van der Waals surface area contributed by atoms with E-state index in [9.17, 15) is 10.1 Å². The maximum absolute atomic E-state index is 11.3. The van der Waals surface area contributed by atoms with Crippen molar-refractivity contribution in [1.82, 2.24) is 14.8 Å². The van der Waals surface area contributed by atoms with Gasteiger partial charge >= 0.3 is 0 Å². The molecule has 1 amide bonds. The van der Waals surface area contributed by atoms with Gasteiger partial charge in [-0.3, -0.25) is 9.48 Å². The fourth-order valence-corrected chi connectivity index (χ4v) is 2.35. The number of hydrogen-bond acceptors (Lipinski definition) is 5. The zero-order valence-electron chi connectivity index (χ0n) is 13.7. The van der Waals surface area contributed by atoms with Crippen LogP contribution in [0, 0.1) is 11.3 Å². The zero-order chi connectivity index (χ0) is 17.8. The molecule has 0 atom stereocenters. The van der Waals surface area contributed by atoms with Gasteiger partial charge in [0.1, 0.15) is 28.9 Å². The molecule has 3 rings (SSSR count). The van der Waals surface area contributed by atoms with Gasteiger partial charge in [-0.15, -0.1) is 0 Å². The molecule has 0 spiro atoms. The SMILES string of the molecule is CC(=O)Nc1c(C#N)c(-c2ccc(Oc3ccccn3)cc2)nn1C. The maximum Gasteiger partial charge on any atom is 0.222 e. The molecule has 0 aliphatic heterocycles. The van der Waals surface area contributed by atoms with E-state index in [1.807, 2.05) is 12.1 Å². The highest BCUT2D eigenvalue weighted by atomic mass is 16.5. The maximum atomic E-state index is 11.3. The van der Waals surface area contributed by atoms with E-state index in [1.165, 1.54) is 11.6 Å². The third-order valence-electron chi connectivity index (χ3n) is 3.44. The molecule has 2 heterocycles. The number of nitrogens with one attached hydrogen (secondary N) is 1. The van der Waals surface area contributed by atoms with Crippen molar-refractivity contribution in [2.75, 3.05) is 5.32 Å². The average Bonchev–Trinajstić information content (AvgIpc) is 2.92. The normalized spacial score (nSPS) is 10.1. The number of rotatable bonds is 4. The highest BCUT2D eigenvalue weighted by Gasteiger charge is 2.18. The van der Waals surface area contributed by atoms with E-state index in [4.69, 9.17) is 4.74 Å². The molecular weight excluding hydrogens is 318 g/mol. The van der Waals surface area contributed by atoms with Gasteiger partial charge in [-0.25, -0.2) is 4.98 Å². The van der Waals surface area contributed by atoms with Gasteiger partial charge in [0.15, 0.2) is 0 Å². The molecule has 0 unspecified atom stereocenters. The van der Waals surface area contributed by atoms with Crippen LogP contribution in [0.2, 0.25) is 0 Å². The second kappa shape index (κ2) is 6.84. The number of anilines is 1. The van der Waals surface area contributed by atoms with Crippen molar-refractivity contribution in [3.8, 4) is 29.0 Å². The second-order valence-electron chi connectivity index (χ2n) is 5.28. The first-order chi connectivity index (χ1) is 12.1. The number of benzene rings is 1. The van der Waals surface area contributed by atoms with E-state index < -0.39 is 0 Å². The van der Waals surface area contributed by atoms with E-state index >= 15 is 0 Å². The van der Waals surface area contributed by atoms with Gasteiger partial charge in [0.2, 0.25) is 11.8 Å². The summed E-state index contributed by atoms with van der Waals surface area (Å²) in [5, 5.41) is 16.4. The Morgan fingerprint density at radius 1 is 1.24 bits per heavy atom. The fourth-order valence-electron chi connectivity index (χ4n) is 2.35. The fraction of sp³-hybridized carbons (Fsp3) is 0.111. The molecule has 0 aliphatic rings. The van der Waals surface area contributed by atoms with E-state index in [-0.39, 0.29) is 5.91 Å². The molecular formula is C18H15N5O2. The van der Waals surface area contributed by atoms with Crippen LogP contribution in [-0.2, 0) is 11.8 Å². The van der Waals surface area contributed by atoms with Gasteiger partial charge in [-0.05, 0) is 30.3 Å². The summed E-state index contributed by atoms with van der Waals surface area (Å²) in [7, 11) is 1.67. The quantitative estimate of drug-likeness (QED) is 0.792. The number of carbonyl (C=O) groups is 1. The lowest BCUT2D eigenvalue weighted by molar-refractivity contribution is -0.114. The number of aromatic nitrogens is 3. The minimum Gasteiger partial charge on any atom is -0.439 e. The number of amides is 1. The average molecular weight is 333 g/mol. The summed E-state index contributed by atoms with van der Waals surface area (Å²) < 4.78 is 7.13. The van der Waals surface area contributed by atoms with Crippen molar-refractivity contribution in [1.29, 1.82) is 5.26 Å². The third-order valence-corrected chi connectivity index (χ3v) is 3.44. The van der Waals surface area contributed by atoms with Crippen molar-refractivity contribution in [3.05, 3.63) is 54.2 Å². The minimum absolute atomic E-state index is 0.259. The van der Waals surface area contributed by atoms with Gasteiger partial charge < -0.3 is 10.1 Å². The van der Waals surface area contributed by atoms with Gasteiger partial charge in [0.25, 0.3) is 0 Å². The molecule has 0 radical (unpaired) electrons. The van der Waals surface area contributed by atoms with E-state index in [2.05, 4.69) is 21.5 Å². The highest BCUT2D eigenvalue weighted by Crippen LogP contribution is 2.29. The number of hydrogen-bond donors (Lipinski definition) is 1. The summed E-state index contributed by atoms with van der Waals surface area (Å²) in [6.07, 6.45) is 1.65. The summed E-state index contributed by atoms with van der Waals surface area (Å²) >= 11 is 0. The Kier molecular flexibility index (Phi) is 4.44. The summed E-state index contributed by atoms with van der Waals surface area (Å²) in [6.45, 7) is 1.39. The molecule has 3 aromatic rings. The second-order valence-corrected chi connectivity index (χ2v) is 5.28. The van der Waals surface area contributed by atoms with Gasteiger partial charge in [0, 0.05) is 31.8 Å². The van der Waals surface area contributed by atoms with Gasteiger partial charge in [-0.2, -0.15) is 10.4 Å². The summed E-state index contributed by atoms with van der Waals surface area (Å²) in [5.74, 6) is 1.24. The Labute approximate surface area is 144 Å². The van der Waals surface area contributed by atoms with Crippen LogP contribution in [0.3, 0.4) is 0 Å². The van der Waals surface area contributed by atoms with Crippen molar-refractivity contribution < 1.29 is 9.53 Å². The Morgan fingerprint density at radius 3 is 2.60 bits per heavy atom. The first kappa shape index (κ1) is 16.2. The van der Waals surface area contributed by atoms with E-state index in [0.29, 0.717) is 28.7 Å². The monoisotopic (exact) mass is 333 g/mol. The molecule has 0 saturated carbocycles. The zero-order valence-corrected chi connectivity index (χ0v) is 13.7. The first-order valence-corrected chi connectivity index (χ1v) is 7.52. The Bertz CT molecular complexity index is 940. The number of carbonyl (C=O) groups excluding carboxylic acids is 1. The molecule has 0 bridgehead atoms. The molecule has 0 aliphatic carbocycles. The van der Waals surface area contributed by atoms with Crippen LogP contribution >= 0.6 is 0 Å². The van der Waals surface area contributed by atoms with Crippen molar-refractivity contribution in [3.63, 3.8) is 0 Å². The molecule has 124 valence electrons. The lowest BCUT2D eigenvalue weighted by Gasteiger charge is -2.05.